The quantitative estimate of drug-likeness (QED) is 0.299. The van der Waals surface area contributed by atoms with E-state index in [9.17, 15) is 4.57 Å². The van der Waals surface area contributed by atoms with Crippen molar-refractivity contribution in [1.82, 2.24) is 10.4 Å². The molecule has 0 atom stereocenters. The molecule has 4 N–H and O–H groups in total. The number of nitrogens with two attached hydrogens (primary N) is 1. The lowest BCUT2D eigenvalue weighted by molar-refractivity contribution is 0.190. The fraction of sp³-hybridized carbons (Fsp3) is 1.00. The minimum atomic E-state index is -3.17. The van der Waals surface area contributed by atoms with Gasteiger partial charge in [0.1, 0.15) is 0 Å². The summed E-state index contributed by atoms with van der Waals surface area (Å²) in [4.78, 5) is 0. The van der Waals surface area contributed by atoms with Gasteiger partial charge >= 0.3 is 7.75 Å². The van der Waals surface area contributed by atoms with Crippen molar-refractivity contribution in [3.63, 3.8) is 0 Å². The van der Waals surface area contributed by atoms with Crippen molar-refractivity contribution in [2.45, 2.75) is 52.4 Å². The highest BCUT2D eigenvalue weighted by Gasteiger charge is 2.23. The second-order valence-corrected chi connectivity index (χ2v) is 6.85. The van der Waals surface area contributed by atoms with Crippen molar-refractivity contribution in [3.8, 4) is 0 Å². The predicted octanol–water partition coefficient (Wildman–Crippen LogP) is 2.65. The minimum Gasteiger partial charge on any atom is -0.329 e. The van der Waals surface area contributed by atoms with E-state index in [-0.39, 0.29) is 0 Å². The van der Waals surface area contributed by atoms with Crippen LogP contribution >= 0.6 is 7.75 Å². The van der Waals surface area contributed by atoms with Crippen molar-refractivity contribution in [2.75, 3.05) is 39.4 Å². The lowest BCUT2D eigenvalue weighted by Crippen LogP contribution is -2.30. The Bertz CT molecular complexity index is 252. The van der Waals surface area contributed by atoms with E-state index < -0.39 is 7.75 Å². The molecule has 7 heteroatoms. The molecule has 0 saturated heterocycles. The molecule has 0 fully saturated rings. The molecule has 0 aliphatic carbocycles. The fourth-order valence-electron chi connectivity index (χ4n) is 1.71. The number of hydrogen-bond donors (Lipinski definition) is 3. The molecule has 0 aliphatic rings. The van der Waals surface area contributed by atoms with Gasteiger partial charge in [0.2, 0.25) is 0 Å². The molecule has 0 saturated carbocycles. The van der Waals surface area contributed by atoms with Gasteiger partial charge in [-0.05, 0) is 12.8 Å². The second-order valence-electron chi connectivity index (χ2n) is 5.02. The standard InChI is InChI=1S/C14H34N3O3P/c1-3-5-7-13-19-21(18,20-14-8-6-4-2)17-12-11-16-10-9-15/h16H,3-15H2,1-2H3,(H,17,18). The van der Waals surface area contributed by atoms with E-state index in [1.807, 2.05) is 0 Å². The summed E-state index contributed by atoms with van der Waals surface area (Å²) >= 11 is 0. The maximum absolute atomic E-state index is 12.6. The lowest BCUT2D eigenvalue weighted by Gasteiger charge is -2.19. The molecule has 0 spiro atoms. The van der Waals surface area contributed by atoms with Gasteiger partial charge < -0.3 is 11.1 Å². The molecule has 0 radical (unpaired) electrons. The van der Waals surface area contributed by atoms with Crippen molar-refractivity contribution >= 4 is 7.75 Å². The summed E-state index contributed by atoms with van der Waals surface area (Å²) in [5.74, 6) is 0. The Morgan fingerprint density at radius 1 is 0.905 bits per heavy atom. The first-order valence-electron chi connectivity index (χ1n) is 8.23. The third kappa shape index (κ3) is 13.4. The van der Waals surface area contributed by atoms with E-state index in [4.69, 9.17) is 14.8 Å². The fourth-order valence-corrected chi connectivity index (χ4v) is 3.09. The first kappa shape index (κ1) is 21.0. The zero-order valence-electron chi connectivity index (χ0n) is 13.7. The molecular weight excluding hydrogens is 289 g/mol. The smallest absolute Gasteiger partial charge is 0.329 e. The molecule has 0 aromatic rings. The monoisotopic (exact) mass is 323 g/mol. The van der Waals surface area contributed by atoms with E-state index in [0.29, 0.717) is 32.8 Å². The molecule has 0 amide bonds. The van der Waals surface area contributed by atoms with Crippen LogP contribution in [-0.2, 0) is 13.6 Å². The third-order valence-corrected chi connectivity index (χ3v) is 4.60. The molecular formula is C14H34N3O3P. The molecule has 0 aromatic carbocycles. The maximum atomic E-state index is 12.6. The highest BCUT2D eigenvalue weighted by atomic mass is 31.2. The van der Waals surface area contributed by atoms with Crippen LogP contribution in [-0.4, -0.2) is 39.4 Å². The third-order valence-electron chi connectivity index (χ3n) is 2.95. The molecule has 128 valence electrons. The van der Waals surface area contributed by atoms with Gasteiger partial charge in [0, 0.05) is 26.2 Å². The van der Waals surface area contributed by atoms with Gasteiger partial charge in [0.05, 0.1) is 13.2 Å². The highest BCUT2D eigenvalue weighted by molar-refractivity contribution is 7.51. The Labute approximate surface area is 130 Å². The van der Waals surface area contributed by atoms with E-state index >= 15 is 0 Å². The maximum Gasteiger partial charge on any atom is 0.405 e. The van der Waals surface area contributed by atoms with Crippen molar-refractivity contribution < 1.29 is 13.6 Å². The van der Waals surface area contributed by atoms with E-state index in [1.54, 1.807) is 0 Å². The van der Waals surface area contributed by atoms with Gasteiger partial charge in [0.25, 0.3) is 0 Å². The van der Waals surface area contributed by atoms with Gasteiger partial charge in [-0.25, -0.2) is 9.65 Å². The molecule has 0 rings (SSSR count). The molecule has 0 bridgehead atoms. The van der Waals surface area contributed by atoms with E-state index in [2.05, 4.69) is 24.3 Å². The van der Waals surface area contributed by atoms with Crippen LogP contribution in [0.1, 0.15) is 52.4 Å². The zero-order valence-corrected chi connectivity index (χ0v) is 14.6. The summed E-state index contributed by atoms with van der Waals surface area (Å²) in [5, 5.41) is 6.06. The zero-order chi connectivity index (χ0) is 15.8. The topological polar surface area (TPSA) is 85.6 Å². The van der Waals surface area contributed by atoms with Gasteiger partial charge in [0.15, 0.2) is 0 Å². The normalized spacial score (nSPS) is 12.0. The molecule has 0 aliphatic heterocycles. The van der Waals surface area contributed by atoms with E-state index in [0.717, 1.165) is 45.1 Å². The van der Waals surface area contributed by atoms with Gasteiger partial charge in [-0.2, -0.15) is 0 Å². The highest BCUT2D eigenvalue weighted by Crippen LogP contribution is 2.43. The average molecular weight is 323 g/mol. The van der Waals surface area contributed by atoms with Crippen LogP contribution in [0.3, 0.4) is 0 Å². The summed E-state index contributed by atoms with van der Waals surface area (Å²) in [6.45, 7) is 7.78. The first-order valence-corrected chi connectivity index (χ1v) is 9.77. The van der Waals surface area contributed by atoms with E-state index in [1.165, 1.54) is 0 Å². The molecule has 21 heavy (non-hydrogen) atoms. The summed E-state index contributed by atoms with van der Waals surface area (Å²) in [6, 6.07) is 0. The van der Waals surface area contributed by atoms with Crippen molar-refractivity contribution in [1.29, 1.82) is 0 Å². The average Bonchev–Trinajstić information content (AvgIpc) is 2.48. The summed E-state index contributed by atoms with van der Waals surface area (Å²) in [7, 11) is -3.17. The van der Waals surface area contributed by atoms with Crippen LogP contribution in [0.15, 0.2) is 0 Å². The van der Waals surface area contributed by atoms with Crippen LogP contribution in [0.2, 0.25) is 0 Å². The number of hydrogen-bond acceptors (Lipinski definition) is 5. The minimum absolute atomic E-state index is 0.474. The summed E-state index contributed by atoms with van der Waals surface area (Å²) in [6.07, 6.45) is 6.20. The predicted molar refractivity (Wildman–Crippen MR) is 88.5 cm³/mol. The largest absolute Gasteiger partial charge is 0.405 e. The van der Waals surface area contributed by atoms with Crippen molar-refractivity contribution in [2.24, 2.45) is 5.73 Å². The Morgan fingerprint density at radius 2 is 1.48 bits per heavy atom. The lowest BCUT2D eigenvalue weighted by atomic mass is 10.3. The Kier molecular flexibility index (Phi) is 15.0. The molecule has 0 aromatic heterocycles. The van der Waals surface area contributed by atoms with Crippen LogP contribution in [0.4, 0.5) is 0 Å². The SMILES string of the molecule is CCCCCOP(=O)(NCCNCCN)OCCCCC. The van der Waals surface area contributed by atoms with Crippen LogP contribution in [0.5, 0.6) is 0 Å². The van der Waals surface area contributed by atoms with Crippen LogP contribution in [0, 0.1) is 0 Å². The molecule has 6 nitrogen and oxygen atoms in total. The number of unbranched alkanes of at least 4 members (excludes halogenated alkanes) is 4. The van der Waals surface area contributed by atoms with Gasteiger partial charge in [-0.15, -0.1) is 0 Å². The number of rotatable bonds is 16. The second kappa shape index (κ2) is 14.9. The first-order chi connectivity index (χ1) is 10.2. The summed E-state index contributed by atoms with van der Waals surface area (Å²) < 4.78 is 23.5. The van der Waals surface area contributed by atoms with Gasteiger partial charge in [-0.3, -0.25) is 9.05 Å². The Balaban J connectivity index is 4.02. The van der Waals surface area contributed by atoms with Gasteiger partial charge in [-0.1, -0.05) is 39.5 Å². The Hall–Kier alpha value is 0.0300. The molecule has 0 heterocycles. The molecule has 0 unspecified atom stereocenters. The van der Waals surface area contributed by atoms with Crippen LogP contribution < -0.4 is 16.1 Å². The summed E-state index contributed by atoms with van der Waals surface area (Å²) in [5.41, 5.74) is 5.40. The van der Waals surface area contributed by atoms with Crippen LogP contribution in [0.25, 0.3) is 0 Å². The van der Waals surface area contributed by atoms with Crippen molar-refractivity contribution in [3.05, 3.63) is 0 Å². The number of nitrogens with one attached hydrogen (secondary N) is 2. The Morgan fingerprint density at radius 3 is 1.95 bits per heavy atom.